The molecule has 0 radical (unpaired) electrons. The maximum atomic E-state index is 10.6. The minimum atomic E-state index is -0.789. The van der Waals surface area contributed by atoms with E-state index in [2.05, 4.69) is 0 Å². The van der Waals surface area contributed by atoms with Gasteiger partial charge in [-0.25, -0.2) is 0 Å². The van der Waals surface area contributed by atoms with E-state index in [9.17, 15) is 9.90 Å². The number of hydrogen-bond donors (Lipinski definition) is 2. The highest BCUT2D eigenvalue weighted by atomic mass is 16.3. The third-order valence-electron chi connectivity index (χ3n) is 2.54. The average Bonchev–Trinajstić information content (AvgIpc) is 2.12. The first-order chi connectivity index (χ1) is 5.62. The van der Waals surface area contributed by atoms with Crippen LogP contribution in [-0.2, 0) is 4.79 Å². The third-order valence-corrected chi connectivity index (χ3v) is 2.54. The molecule has 1 aliphatic rings. The summed E-state index contributed by atoms with van der Waals surface area (Å²) in [5.41, 5.74) is 4.27. The van der Waals surface area contributed by atoms with Crippen LogP contribution in [0.25, 0.3) is 0 Å². The van der Waals surface area contributed by atoms with E-state index < -0.39 is 5.60 Å². The normalized spacial score (nSPS) is 23.1. The van der Waals surface area contributed by atoms with Crippen LogP contribution in [-0.4, -0.2) is 16.6 Å². The fourth-order valence-corrected chi connectivity index (χ4v) is 1.89. The molecular weight excluding hydrogens is 154 g/mol. The second-order valence-electron chi connectivity index (χ2n) is 3.78. The fraction of sp³-hybridized carbons (Fsp3) is 0.889. The van der Waals surface area contributed by atoms with Crippen LogP contribution in [0.3, 0.4) is 0 Å². The van der Waals surface area contributed by atoms with Crippen molar-refractivity contribution in [3.05, 3.63) is 0 Å². The van der Waals surface area contributed by atoms with Gasteiger partial charge in [-0.05, 0) is 12.8 Å². The molecule has 70 valence electrons. The lowest BCUT2D eigenvalue weighted by atomic mass is 9.91. The number of rotatable bonds is 2. The molecule has 1 saturated carbocycles. The van der Waals surface area contributed by atoms with Crippen molar-refractivity contribution < 1.29 is 9.90 Å². The van der Waals surface area contributed by atoms with E-state index in [-0.39, 0.29) is 12.3 Å². The predicted octanol–water partition coefficient (Wildman–Crippen LogP) is 0.947. The summed E-state index contributed by atoms with van der Waals surface area (Å²) in [6.07, 6.45) is 5.97. The van der Waals surface area contributed by atoms with Crippen LogP contribution >= 0.6 is 0 Å². The lowest BCUT2D eigenvalue weighted by Gasteiger charge is -2.24. The molecule has 0 heterocycles. The summed E-state index contributed by atoms with van der Waals surface area (Å²) in [6, 6.07) is 0. The van der Waals surface area contributed by atoms with E-state index in [4.69, 9.17) is 5.73 Å². The van der Waals surface area contributed by atoms with E-state index in [1.165, 1.54) is 12.8 Å². The summed E-state index contributed by atoms with van der Waals surface area (Å²) in [4.78, 5) is 10.6. The topological polar surface area (TPSA) is 63.3 Å². The van der Waals surface area contributed by atoms with Crippen molar-refractivity contribution >= 4 is 5.91 Å². The number of hydrogen-bond acceptors (Lipinski definition) is 2. The smallest absolute Gasteiger partial charge is 0.220 e. The van der Waals surface area contributed by atoms with E-state index >= 15 is 0 Å². The van der Waals surface area contributed by atoms with Gasteiger partial charge in [-0.15, -0.1) is 0 Å². The summed E-state index contributed by atoms with van der Waals surface area (Å²) in [5, 5.41) is 9.92. The Morgan fingerprint density at radius 3 is 2.17 bits per heavy atom. The van der Waals surface area contributed by atoms with Gasteiger partial charge >= 0.3 is 0 Å². The molecule has 0 atom stereocenters. The average molecular weight is 171 g/mol. The first kappa shape index (κ1) is 9.52. The van der Waals surface area contributed by atoms with Gasteiger partial charge in [0.15, 0.2) is 0 Å². The Labute approximate surface area is 72.9 Å². The van der Waals surface area contributed by atoms with Crippen molar-refractivity contribution in [1.29, 1.82) is 0 Å². The van der Waals surface area contributed by atoms with Gasteiger partial charge in [-0.3, -0.25) is 4.79 Å². The summed E-state index contributed by atoms with van der Waals surface area (Å²) in [7, 11) is 0. The molecule has 12 heavy (non-hydrogen) atoms. The maximum Gasteiger partial charge on any atom is 0.220 e. The molecular formula is C9H17NO2. The molecule has 0 aliphatic heterocycles. The van der Waals surface area contributed by atoms with E-state index in [1.807, 2.05) is 0 Å². The highest BCUT2D eigenvalue weighted by Gasteiger charge is 2.29. The Bertz CT molecular complexity index is 160. The number of primary amides is 1. The zero-order valence-corrected chi connectivity index (χ0v) is 7.38. The molecule has 1 aliphatic carbocycles. The Balaban J connectivity index is 2.48. The highest BCUT2D eigenvalue weighted by molar-refractivity contribution is 5.74. The van der Waals surface area contributed by atoms with Gasteiger partial charge in [0.2, 0.25) is 5.91 Å². The van der Waals surface area contributed by atoms with Gasteiger partial charge < -0.3 is 10.8 Å². The number of nitrogens with two attached hydrogens (primary N) is 1. The van der Waals surface area contributed by atoms with Crippen LogP contribution in [0.4, 0.5) is 0 Å². The molecule has 3 N–H and O–H groups in total. The standard InChI is InChI=1S/C9H17NO2/c10-8(11)7-9(12)5-3-1-2-4-6-9/h12H,1-7H2,(H2,10,11). The first-order valence-electron chi connectivity index (χ1n) is 4.63. The van der Waals surface area contributed by atoms with Gasteiger partial charge in [-0.2, -0.15) is 0 Å². The predicted molar refractivity (Wildman–Crippen MR) is 46.5 cm³/mol. The molecule has 0 aromatic heterocycles. The van der Waals surface area contributed by atoms with Crippen LogP contribution in [0.2, 0.25) is 0 Å². The first-order valence-corrected chi connectivity index (χ1v) is 4.63. The van der Waals surface area contributed by atoms with Crippen molar-refractivity contribution in [2.24, 2.45) is 5.73 Å². The molecule has 0 saturated heterocycles. The quantitative estimate of drug-likeness (QED) is 0.607. The molecule has 0 aromatic carbocycles. The van der Waals surface area contributed by atoms with Crippen molar-refractivity contribution in [3.63, 3.8) is 0 Å². The SMILES string of the molecule is NC(=O)CC1(O)CCCCCC1. The molecule has 1 fully saturated rings. The van der Waals surface area contributed by atoms with Gasteiger partial charge in [0, 0.05) is 0 Å². The second kappa shape index (κ2) is 3.90. The molecule has 0 unspecified atom stereocenters. The molecule has 1 rings (SSSR count). The Hall–Kier alpha value is -0.570. The summed E-state index contributed by atoms with van der Waals surface area (Å²) < 4.78 is 0. The van der Waals surface area contributed by atoms with Gasteiger partial charge in [0.25, 0.3) is 0 Å². The summed E-state index contributed by atoms with van der Waals surface area (Å²) in [6.45, 7) is 0. The Morgan fingerprint density at radius 2 is 1.75 bits per heavy atom. The lowest BCUT2D eigenvalue weighted by Crippen LogP contribution is -2.33. The number of carbonyl (C=O) groups is 1. The maximum absolute atomic E-state index is 10.6. The van der Waals surface area contributed by atoms with Crippen LogP contribution in [0, 0.1) is 0 Å². The minimum Gasteiger partial charge on any atom is -0.389 e. The molecule has 1 amide bonds. The second-order valence-corrected chi connectivity index (χ2v) is 3.78. The van der Waals surface area contributed by atoms with Crippen LogP contribution in [0.1, 0.15) is 44.9 Å². The zero-order chi connectivity index (χ0) is 9.03. The van der Waals surface area contributed by atoms with Crippen molar-refractivity contribution in [2.75, 3.05) is 0 Å². The lowest BCUT2D eigenvalue weighted by molar-refractivity contribution is -0.123. The van der Waals surface area contributed by atoms with E-state index in [0.717, 1.165) is 25.7 Å². The molecule has 0 bridgehead atoms. The van der Waals surface area contributed by atoms with Gasteiger partial charge in [0.1, 0.15) is 0 Å². The number of aliphatic hydroxyl groups is 1. The van der Waals surface area contributed by atoms with Crippen molar-refractivity contribution in [1.82, 2.24) is 0 Å². The Morgan fingerprint density at radius 1 is 1.25 bits per heavy atom. The summed E-state index contributed by atoms with van der Waals surface area (Å²) in [5.74, 6) is -0.389. The monoisotopic (exact) mass is 171 g/mol. The Kier molecular flexibility index (Phi) is 3.09. The number of amides is 1. The molecule has 3 nitrogen and oxygen atoms in total. The van der Waals surface area contributed by atoms with E-state index in [0.29, 0.717) is 0 Å². The van der Waals surface area contributed by atoms with Crippen LogP contribution in [0.5, 0.6) is 0 Å². The van der Waals surface area contributed by atoms with E-state index in [1.54, 1.807) is 0 Å². The van der Waals surface area contributed by atoms with Gasteiger partial charge in [0.05, 0.1) is 12.0 Å². The molecule has 0 spiro atoms. The van der Waals surface area contributed by atoms with Crippen molar-refractivity contribution in [3.8, 4) is 0 Å². The van der Waals surface area contributed by atoms with Crippen LogP contribution < -0.4 is 5.73 Å². The van der Waals surface area contributed by atoms with Crippen LogP contribution in [0.15, 0.2) is 0 Å². The minimum absolute atomic E-state index is 0.132. The third kappa shape index (κ3) is 2.81. The van der Waals surface area contributed by atoms with Gasteiger partial charge in [-0.1, -0.05) is 25.7 Å². The molecule has 3 heteroatoms. The molecule has 0 aromatic rings. The fourth-order valence-electron chi connectivity index (χ4n) is 1.89. The summed E-state index contributed by atoms with van der Waals surface area (Å²) >= 11 is 0. The highest BCUT2D eigenvalue weighted by Crippen LogP contribution is 2.29. The largest absolute Gasteiger partial charge is 0.389 e. The van der Waals surface area contributed by atoms with Crippen molar-refractivity contribution in [2.45, 2.75) is 50.5 Å². The zero-order valence-electron chi connectivity index (χ0n) is 7.38. The number of carbonyl (C=O) groups excluding carboxylic acids is 1.